The molecule has 0 saturated carbocycles. The number of fused-ring (bicyclic) bond motifs is 1. The SMILES string of the molecule is CCOC(=O)Cn1/c(=N/S(=O)(=O)c2ccc(F)cc2)sc2cc(S(C)(=O)=O)ccc21. The number of hydrogen-bond donors (Lipinski definition) is 0. The lowest BCUT2D eigenvalue weighted by Gasteiger charge is -2.06. The number of thiazole rings is 1. The van der Waals surface area contributed by atoms with E-state index in [-0.39, 0.29) is 27.7 Å². The zero-order valence-corrected chi connectivity index (χ0v) is 18.4. The van der Waals surface area contributed by atoms with E-state index in [1.54, 1.807) is 6.92 Å². The van der Waals surface area contributed by atoms with E-state index in [1.807, 2.05) is 0 Å². The van der Waals surface area contributed by atoms with Gasteiger partial charge in [-0.15, -0.1) is 4.40 Å². The maximum absolute atomic E-state index is 13.1. The molecule has 0 aliphatic rings. The summed E-state index contributed by atoms with van der Waals surface area (Å²) < 4.78 is 72.7. The molecule has 8 nitrogen and oxygen atoms in total. The Kier molecular flexibility index (Phi) is 6.11. The molecule has 0 fully saturated rings. The van der Waals surface area contributed by atoms with Crippen molar-refractivity contribution in [1.82, 2.24) is 4.57 Å². The normalized spacial score (nSPS) is 13.0. The molecule has 0 bridgehead atoms. The second-order valence-electron chi connectivity index (χ2n) is 6.20. The summed E-state index contributed by atoms with van der Waals surface area (Å²) >= 11 is 0.910. The average Bonchev–Trinajstić information content (AvgIpc) is 2.97. The number of carbonyl (C=O) groups excluding carboxylic acids is 1. The van der Waals surface area contributed by atoms with Crippen LogP contribution in [-0.4, -0.2) is 40.2 Å². The molecule has 0 aliphatic carbocycles. The first kappa shape index (κ1) is 22.1. The summed E-state index contributed by atoms with van der Waals surface area (Å²) in [5.41, 5.74) is 0.425. The largest absolute Gasteiger partial charge is 0.465 e. The van der Waals surface area contributed by atoms with Crippen LogP contribution in [0.5, 0.6) is 0 Å². The number of ether oxygens (including phenoxy) is 1. The maximum Gasteiger partial charge on any atom is 0.326 e. The van der Waals surface area contributed by atoms with Gasteiger partial charge in [0.25, 0.3) is 10.0 Å². The van der Waals surface area contributed by atoms with Crippen LogP contribution in [-0.2, 0) is 35.9 Å². The van der Waals surface area contributed by atoms with Crippen molar-refractivity contribution in [3.05, 3.63) is 53.1 Å². The Morgan fingerprint density at radius 1 is 1.10 bits per heavy atom. The summed E-state index contributed by atoms with van der Waals surface area (Å²) in [4.78, 5) is 11.8. The Balaban J connectivity index is 2.24. The van der Waals surface area contributed by atoms with Gasteiger partial charge in [-0.1, -0.05) is 11.3 Å². The van der Waals surface area contributed by atoms with E-state index >= 15 is 0 Å². The van der Waals surface area contributed by atoms with Gasteiger partial charge in [0.15, 0.2) is 9.84 Å². The predicted molar refractivity (Wildman–Crippen MR) is 109 cm³/mol. The van der Waals surface area contributed by atoms with Crippen LogP contribution in [0.4, 0.5) is 4.39 Å². The second kappa shape index (κ2) is 8.28. The number of nitrogens with zero attached hydrogens (tertiary/aromatic N) is 2. The zero-order valence-electron chi connectivity index (χ0n) is 15.9. The number of sulfone groups is 1. The van der Waals surface area contributed by atoms with Gasteiger partial charge >= 0.3 is 5.97 Å². The molecule has 0 unspecified atom stereocenters. The van der Waals surface area contributed by atoms with Gasteiger partial charge in [-0.2, -0.15) is 8.42 Å². The molecule has 1 aromatic heterocycles. The summed E-state index contributed by atoms with van der Waals surface area (Å²) in [6.45, 7) is 1.46. The molecule has 0 aliphatic heterocycles. The molecule has 0 N–H and O–H groups in total. The average molecular weight is 473 g/mol. The first-order chi connectivity index (χ1) is 14.0. The van der Waals surface area contributed by atoms with Crippen molar-refractivity contribution in [2.24, 2.45) is 4.40 Å². The number of esters is 1. The van der Waals surface area contributed by atoms with Gasteiger partial charge < -0.3 is 9.30 Å². The van der Waals surface area contributed by atoms with E-state index in [0.717, 1.165) is 41.9 Å². The quantitative estimate of drug-likeness (QED) is 0.508. The van der Waals surface area contributed by atoms with Crippen LogP contribution in [0, 0.1) is 5.82 Å². The van der Waals surface area contributed by atoms with Gasteiger partial charge in [0.1, 0.15) is 12.4 Å². The first-order valence-electron chi connectivity index (χ1n) is 8.57. The minimum Gasteiger partial charge on any atom is -0.465 e. The molecule has 2 aromatic carbocycles. The number of benzene rings is 2. The van der Waals surface area contributed by atoms with Crippen LogP contribution in [0.25, 0.3) is 10.2 Å². The van der Waals surface area contributed by atoms with Crippen molar-refractivity contribution in [1.29, 1.82) is 0 Å². The molecule has 0 amide bonds. The fourth-order valence-corrected chi connectivity index (χ4v) is 5.60. The molecular formula is C18H17FN2O6S3. The summed E-state index contributed by atoms with van der Waals surface area (Å²) in [7, 11) is -7.70. The van der Waals surface area contributed by atoms with Crippen molar-refractivity contribution in [2.45, 2.75) is 23.3 Å². The smallest absolute Gasteiger partial charge is 0.326 e. The Hall–Kier alpha value is -2.57. The van der Waals surface area contributed by atoms with Gasteiger partial charge in [0.2, 0.25) is 4.80 Å². The summed E-state index contributed by atoms with van der Waals surface area (Å²) in [5, 5.41) is 0. The molecule has 160 valence electrons. The van der Waals surface area contributed by atoms with Crippen molar-refractivity contribution >= 4 is 47.4 Å². The Morgan fingerprint density at radius 2 is 1.73 bits per heavy atom. The van der Waals surface area contributed by atoms with E-state index < -0.39 is 31.6 Å². The fraction of sp³-hybridized carbons (Fsp3) is 0.222. The highest BCUT2D eigenvalue weighted by molar-refractivity contribution is 7.90. The first-order valence-corrected chi connectivity index (χ1v) is 12.7. The highest BCUT2D eigenvalue weighted by Crippen LogP contribution is 2.23. The third-order valence-electron chi connectivity index (χ3n) is 3.98. The third-order valence-corrected chi connectivity index (χ3v) is 7.53. The zero-order chi connectivity index (χ0) is 22.1. The molecule has 30 heavy (non-hydrogen) atoms. The number of carbonyl (C=O) groups is 1. The van der Waals surface area contributed by atoms with Gasteiger partial charge in [-0.25, -0.2) is 12.8 Å². The summed E-state index contributed by atoms with van der Waals surface area (Å²) in [5.74, 6) is -1.20. The Labute approximate surface area is 176 Å². The molecule has 0 spiro atoms. The standard InChI is InChI=1S/C18H17FN2O6S3/c1-3-27-17(22)11-21-15-9-8-14(29(2,23)24)10-16(15)28-18(21)20-30(25,26)13-6-4-12(19)5-7-13/h4-10H,3,11H2,1-2H3/b20-18-. The van der Waals surface area contributed by atoms with Crippen molar-refractivity contribution < 1.29 is 30.8 Å². The molecule has 0 atom stereocenters. The molecule has 3 aromatic rings. The lowest BCUT2D eigenvalue weighted by atomic mass is 10.3. The predicted octanol–water partition coefficient (Wildman–Crippen LogP) is 2.10. The number of sulfonamides is 1. The van der Waals surface area contributed by atoms with E-state index in [2.05, 4.69) is 4.40 Å². The Bertz CT molecular complexity index is 1390. The minimum absolute atomic E-state index is 0.0481. The van der Waals surface area contributed by atoms with Gasteiger partial charge in [-0.3, -0.25) is 4.79 Å². The molecule has 12 heteroatoms. The highest BCUT2D eigenvalue weighted by atomic mass is 32.2. The second-order valence-corrected chi connectivity index (χ2v) is 10.8. The molecule has 0 radical (unpaired) electrons. The molecule has 0 saturated heterocycles. The molecule has 3 rings (SSSR count). The van der Waals surface area contributed by atoms with E-state index in [1.165, 1.54) is 22.8 Å². The lowest BCUT2D eigenvalue weighted by molar-refractivity contribution is -0.143. The van der Waals surface area contributed by atoms with Gasteiger partial charge in [0, 0.05) is 6.26 Å². The van der Waals surface area contributed by atoms with Crippen LogP contribution in [0.2, 0.25) is 0 Å². The van der Waals surface area contributed by atoms with E-state index in [4.69, 9.17) is 4.74 Å². The van der Waals surface area contributed by atoms with Crippen LogP contribution in [0.3, 0.4) is 0 Å². The maximum atomic E-state index is 13.1. The minimum atomic E-state index is -4.21. The fourth-order valence-electron chi connectivity index (χ4n) is 2.60. The number of aromatic nitrogens is 1. The van der Waals surface area contributed by atoms with Crippen LogP contribution in [0.15, 0.2) is 56.7 Å². The molecular weight excluding hydrogens is 455 g/mol. The monoisotopic (exact) mass is 472 g/mol. The topological polar surface area (TPSA) is 112 Å². The van der Waals surface area contributed by atoms with Crippen molar-refractivity contribution in [3.63, 3.8) is 0 Å². The van der Waals surface area contributed by atoms with Crippen molar-refractivity contribution in [3.8, 4) is 0 Å². The number of rotatable bonds is 6. The van der Waals surface area contributed by atoms with Gasteiger partial charge in [-0.05, 0) is 49.4 Å². The van der Waals surface area contributed by atoms with Gasteiger partial charge in [0.05, 0.1) is 26.6 Å². The third kappa shape index (κ3) is 4.77. The summed E-state index contributed by atoms with van der Waals surface area (Å²) in [6, 6.07) is 8.39. The number of hydrogen-bond acceptors (Lipinski definition) is 7. The van der Waals surface area contributed by atoms with Crippen LogP contribution in [0.1, 0.15) is 6.92 Å². The van der Waals surface area contributed by atoms with E-state index in [0.29, 0.717) is 10.2 Å². The molecule has 1 heterocycles. The van der Waals surface area contributed by atoms with Crippen LogP contribution >= 0.6 is 11.3 Å². The highest BCUT2D eigenvalue weighted by Gasteiger charge is 2.18. The summed E-state index contributed by atoms with van der Waals surface area (Å²) in [6.07, 6.45) is 1.05. The number of halogens is 1. The Morgan fingerprint density at radius 3 is 2.33 bits per heavy atom. The van der Waals surface area contributed by atoms with E-state index in [9.17, 15) is 26.0 Å². The van der Waals surface area contributed by atoms with Crippen LogP contribution < -0.4 is 4.80 Å². The van der Waals surface area contributed by atoms with Crippen molar-refractivity contribution in [2.75, 3.05) is 12.9 Å². The lowest BCUT2D eigenvalue weighted by Crippen LogP contribution is -2.23.